The van der Waals surface area contributed by atoms with Gasteiger partial charge < -0.3 is 9.32 Å². The van der Waals surface area contributed by atoms with E-state index >= 15 is 0 Å². The molecule has 0 spiro atoms. The van der Waals surface area contributed by atoms with Crippen LogP contribution in [0.25, 0.3) is 86.6 Å². The lowest BCUT2D eigenvalue weighted by atomic mass is 9.92. The summed E-state index contributed by atoms with van der Waals surface area (Å²) >= 11 is 1.87. The summed E-state index contributed by atoms with van der Waals surface area (Å²) in [6.45, 7) is 0. The van der Waals surface area contributed by atoms with Crippen LogP contribution in [0.15, 0.2) is 217 Å². The number of furan rings is 1. The molecule has 0 N–H and O–H groups in total. The third-order valence-electron chi connectivity index (χ3n) is 11.1. The van der Waals surface area contributed by atoms with Gasteiger partial charge in [0.1, 0.15) is 11.2 Å². The van der Waals surface area contributed by atoms with Gasteiger partial charge >= 0.3 is 0 Å². The number of thiophene rings is 1. The minimum atomic E-state index is 0.879. The third kappa shape index (κ3) is 5.80. The van der Waals surface area contributed by atoms with Gasteiger partial charge in [0.2, 0.25) is 0 Å². The molecule has 2 nitrogen and oxygen atoms in total. The molecule has 0 unspecified atom stereocenters. The molecule has 0 saturated heterocycles. The van der Waals surface area contributed by atoms with Crippen molar-refractivity contribution in [2.75, 3.05) is 4.90 Å². The zero-order chi connectivity index (χ0) is 37.7. The van der Waals surface area contributed by atoms with Crippen LogP contribution in [0.2, 0.25) is 0 Å². The Balaban J connectivity index is 1.11. The normalized spacial score (nSPS) is 11.5. The van der Waals surface area contributed by atoms with Crippen molar-refractivity contribution in [3.63, 3.8) is 0 Å². The molecule has 0 radical (unpaired) electrons. The Kier molecular flexibility index (Phi) is 8.04. The predicted octanol–water partition coefficient (Wildman–Crippen LogP) is 16.1. The van der Waals surface area contributed by atoms with E-state index in [1.165, 1.54) is 64.7 Å². The molecule has 0 fully saturated rings. The highest BCUT2D eigenvalue weighted by Crippen LogP contribution is 2.46. The Morgan fingerprint density at radius 3 is 1.63 bits per heavy atom. The van der Waals surface area contributed by atoms with Crippen molar-refractivity contribution in [3.8, 4) is 44.5 Å². The van der Waals surface area contributed by atoms with Crippen LogP contribution in [0.5, 0.6) is 0 Å². The number of hydrogen-bond donors (Lipinski definition) is 0. The Bertz CT molecular complexity index is 3230. The van der Waals surface area contributed by atoms with Crippen molar-refractivity contribution < 1.29 is 4.42 Å². The SMILES string of the molecule is c1ccc(-c2ccccc2-c2ccc(N(c3ccc(-c4cccc5c4sc4ccccc45)c(-c4ccccc4)c3)c3ccc4oc5ccccc5c4c3)cc2)cc1. The summed E-state index contributed by atoms with van der Waals surface area (Å²) in [5.74, 6) is 0. The molecule has 0 aliphatic rings. The summed E-state index contributed by atoms with van der Waals surface area (Å²) in [7, 11) is 0. The van der Waals surface area contributed by atoms with Crippen LogP contribution in [0.3, 0.4) is 0 Å². The van der Waals surface area contributed by atoms with Gasteiger partial charge in [-0.25, -0.2) is 0 Å². The van der Waals surface area contributed by atoms with Gasteiger partial charge in [-0.3, -0.25) is 0 Å². The van der Waals surface area contributed by atoms with Crippen LogP contribution in [0.1, 0.15) is 0 Å². The first-order chi connectivity index (χ1) is 28.3. The fourth-order valence-corrected chi connectivity index (χ4v) is 9.65. The van der Waals surface area contributed by atoms with Crippen LogP contribution in [0.4, 0.5) is 17.1 Å². The summed E-state index contributed by atoms with van der Waals surface area (Å²) in [4.78, 5) is 2.38. The highest BCUT2D eigenvalue weighted by atomic mass is 32.1. The summed E-state index contributed by atoms with van der Waals surface area (Å²) in [6.07, 6.45) is 0. The van der Waals surface area contributed by atoms with E-state index in [1.807, 2.05) is 23.5 Å². The highest BCUT2D eigenvalue weighted by Gasteiger charge is 2.20. The van der Waals surface area contributed by atoms with Crippen molar-refractivity contribution in [2.24, 2.45) is 0 Å². The molecular weight excluding hydrogens is 711 g/mol. The summed E-state index contributed by atoms with van der Waals surface area (Å²) in [5, 5.41) is 4.81. The van der Waals surface area contributed by atoms with E-state index in [9.17, 15) is 0 Å². The number of hydrogen-bond acceptors (Lipinski definition) is 3. The third-order valence-corrected chi connectivity index (χ3v) is 12.3. The molecule has 57 heavy (non-hydrogen) atoms. The lowest BCUT2D eigenvalue weighted by Crippen LogP contribution is -2.10. The Morgan fingerprint density at radius 1 is 0.316 bits per heavy atom. The van der Waals surface area contributed by atoms with Crippen LogP contribution < -0.4 is 4.90 Å². The topological polar surface area (TPSA) is 16.4 Å². The molecule has 11 rings (SSSR count). The molecule has 2 heterocycles. The molecule has 3 heteroatoms. The van der Waals surface area contributed by atoms with Crippen molar-refractivity contribution in [1.82, 2.24) is 0 Å². The molecule has 0 bridgehead atoms. The van der Waals surface area contributed by atoms with Gasteiger partial charge in [0.15, 0.2) is 0 Å². The average molecular weight is 746 g/mol. The molecule has 11 aromatic rings. The van der Waals surface area contributed by atoms with Gasteiger partial charge in [0, 0.05) is 53.6 Å². The molecule has 9 aromatic carbocycles. The summed E-state index contributed by atoms with van der Waals surface area (Å²) in [5.41, 5.74) is 14.6. The van der Waals surface area contributed by atoms with Crippen molar-refractivity contribution in [3.05, 3.63) is 212 Å². The van der Waals surface area contributed by atoms with Crippen LogP contribution in [0, 0.1) is 0 Å². The molecule has 2 aromatic heterocycles. The number of benzene rings is 9. The maximum atomic E-state index is 6.29. The number of para-hydroxylation sites is 1. The Hall–Kier alpha value is -7.20. The maximum Gasteiger partial charge on any atom is 0.135 e. The van der Waals surface area contributed by atoms with Gasteiger partial charge in [-0.05, 0) is 93.5 Å². The molecular formula is C54H35NOS. The number of nitrogens with zero attached hydrogens (tertiary/aromatic N) is 1. The van der Waals surface area contributed by atoms with E-state index in [2.05, 4.69) is 205 Å². The number of anilines is 3. The standard InChI is InChI=1S/C54H35NOS/c1-3-14-36(15-4-1)42-18-7-8-19-43(42)38-26-28-39(29-27-38)55(41-31-33-52-50(35-41)45-20-9-11-24-51(45)56-52)40-30-32-44(49(34-40)37-16-5-2-6-17-37)47-22-13-23-48-46-21-10-12-25-53(46)57-54(47)48/h1-35H. The second-order valence-electron chi connectivity index (χ2n) is 14.4. The molecule has 0 aliphatic heterocycles. The van der Waals surface area contributed by atoms with Gasteiger partial charge in [0.05, 0.1) is 0 Å². The van der Waals surface area contributed by atoms with E-state index in [4.69, 9.17) is 4.42 Å². The Labute approximate surface area is 335 Å². The quantitative estimate of drug-likeness (QED) is 0.162. The molecule has 0 amide bonds. The van der Waals surface area contributed by atoms with E-state index in [0.29, 0.717) is 0 Å². The van der Waals surface area contributed by atoms with E-state index in [0.717, 1.165) is 39.0 Å². The largest absolute Gasteiger partial charge is 0.456 e. The van der Waals surface area contributed by atoms with Gasteiger partial charge in [-0.15, -0.1) is 11.3 Å². The summed E-state index contributed by atoms with van der Waals surface area (Å²) in [6, 6.07) is 76.4. The first kappa shape index (κ1) is 33.2. The molecule has 268 valence electrons. The average Bonchev–Trinajstić information content (AvgIpc) is 3.86. The van der Waals surface area contributed by atoms with Crippen molar-refractivity contribution in [2.45, 2.75) is 0 Å². The summed E-state index contributed by atoms with van der Waals surface area (Å²) < 4.78 is 8.91. The second-order valence-corrected chi connectivity index (χ2v) is 15.5. The van der Waals surface area contributed by atoms with E-state index in [1.54, 1.807) is 0 Å². The lowest BCUT2D eigenvalue weighted by Gasteiger charge is -2.27. The molecule has 0 atom stereocenters. The van der Waals surface area contributed by atoms with Crippen LogP contribution in [-0.2, 0) is 0 Å². The fourth-order valence-electron chi connectivity index (χ4n) is 8.42. The highest BCUT2D eigenvalue weighted by molar-refractivity contribution is 7.26. The smallest absolute Gasteiger partial charge is 0.135 e. The van der Waals surface area contributed by atoms with Gasteiger partial charge in [-0.1, -0.05) is 158 Å². The number of fused-ring (bicyclic) bond motifs is 6. The lowest BCUT2D eigenvalue weighted by molar-refractivity contribution is 0.669. The van der Waals surface area contributed by atoms with Crippen LogP contribution in [-0.4, -0.2) is 0 Å². The first-order valence-corrected chi connectivity index (χ1v) is 20.1. The maximum absolute atomic E-state index is 6.29. The van der Waals surface area contributed by atoms with Gasteiger partial charge in [0.25, 0.3) is 0 Å². The zero-order valence-corrected chi connectivity index (χ0v) is 31.8. The van der Waals surface area contributed by atoms with E-state index in [-0.39, 0.29) is 0 Å². The fraction of sp³-hybridized carbons (Fsp3) is 0. The predicted molar refractivity (Wildman–Crippen MR) is 243 cm³/mol. The molecule has 0 aliphatic carbocycles. The Morgan fingerprint density at radius 2 is 0.860 bits per heavy atom. The van der Waals surface area contributed by atoms with E-state index < -0.39 is 0 Å². The van der Waals surface area contributed by atoms with Crippen molar-refractivity contribution >= 4 is 70.5 Å². The first-order valence-electron chi connectivity index (χ1n) is 19.3. The molecule has 0 saturated carbocycles. The van der Waals surface area contributed by atoms with Gasteiger partial charge in [-0.2, -0.15) is 0 Å². The minimum Gasteiger partial charge on any atom is -0.456 e. The van der Waals surface area contributed by atoms with Crippen LogP contribution >= 0.6 is 11.3 Å². The monoisotopic (exact) mass is 745 g/mol. The van der Waals surface area contributed by atoms with Crippen molar-refractivity contribution in [1.29, 1.82) is 0 Å². The second kappa shape index (κ2) is 13.8. The number of rotatable bonds is 7. The zero-order valence-electron chi connectivity index (χ0n) is 31.0. The minimum absolute atomic E-state index is 0.879.